The van der Waals surface area contributed by atoms with E-state index in [9.17, 15) is 9.50 Å². The molecule has 1 aromatic rings. The van der Waals surface area contributed by atoms with Crippen LogP contribution in [-0.4, -0.2) is 36.2 Å². The number of halogens is 2. The first kappa shape index (κ1) is 15.7. The Morgan fingerprint density at radius 2 is 1.90 bits per heavy atom. The molecule has 0 bridgehead atoms. The van der Waals surface area contributed by atoms with Crippen molar-refractivity contribution < 1.29 is 9.50 Å². The lowest BCUT2D eigenvalue weighted by Gasteiger charge is -2.42. The Hall–Kier alpha value is -0.650. The van der Waals surface area contributed by atoms with Crippen molar-refractivity contribution in [1.29, 1.82) is 0 Å². The highest BCUT2D eigenvalue weighted by atomic mass is 79.9. The van der Waals surface area contributed by atoms with Crippen molar-refractivity contribution in [3.63, 3.8) is 0 Å². The molecule has 5 heteroatoms. The van der Waals surface area contributed by atoms with Crippen molar-refractivity contribution in [3.05, 3.63) is 28.0 Å². The number of piperazine rings is 1. The minimum absolute atomic E-state index is 0.0171. The average molecular weight is 345 g/mol. The number of aromatic hydroxyl groups is 1. The van der Waals surface area contributed by atoms with Gasteiger partial charge in [0.1, 0.15) is 11.6 Å². The smallest absolute Gasteiger partial charge is 0.141 e. The van der Waals surface area contributed by atoms with Gasteiger partial charge in [-0.3, -0.25) is 4.90 Å². The first-order valence-electron chi connectivity index (χ1n) is 6.94. The first-order valence-corrected chi connectivity index (χ1v) is 7.73. The summed E-state index contributed by atoms with van der Waals surface area (Å²) in [5, 5.41) is 13.6. The zero-order valence-electron chi connectivity index (χ0n) is 12.2. The molecule has 3 nitrogen and oxygen atoms in total. The van der Waals surface area contributed by atoms with E-state index in [0.29, 0.717) is 0 Å². The summed E-state index contributed by atoms with van der Waals surface area (Å²) in [6, 6.07) is 3.18. The molecule has 1 saturated heterocycles. The highest BCUT2D eigenvalue weighted by Gasteiger charge is 2.34. The maximum absolute atomic E-state index is 13.5. The number of benzene rings is 1. The maximum Gasteiger partial charge on any atom is 0.141 e. The normalized spacial score (nSPS) is 19.1. The number of rotatable bonds is 2. The Kier molecular flexibility index (Phi) is 4.72. The average Bonchev–Trinajstić information content (AvgIpc) is 2.39. The molecule has 2 rings (SSSR count). The van der Waals surface area contributed by atoms with Crippen LogP contribution in [0.2, 0.25) is 0 Å². The molecule has 0 radical (unpaired) electrons. The summed E-state index contributed by atoms with van der Waals surface area (Å²) in [6.45, 7) is 10.2. The second kappa shape index (κ2) is 6.00. The summed E-state index contributed by atoms with van der Waals surface area (Å²) in [7, 11) is 0. The fraction of sp³-hybridized carbons (Fsp3) is 0.600. The van der Waals surface area contributed by atoms with Gasteiger partial charge in [0.05, 0.1) is 4.47 Å². The number of nitrogens with zero attached hydrogens (tertiary/aromatic N) is 1. The fourth-order valence-corrected chi connectivity index (χ4v) is 3.29. The van der Waals surface area contributed by atoms with Gasteiger partial charge < -0.3 is 10.4 Å². The molecule has 0 unspecified atom stereocenters. The lowest BCUT2D eigenvalue weighted by Crippen LogP contribution is -2.48. The molecule has 2 N–H and O–H groups in total. The van der Waals surface area contributed by atoms with Gasteiger partial charge in [-0.25, -0.2) is 4.39 Å². The van der Waals surface area contributed by atoms with E-state index in [1.54, 1.807) is 6.07 Å². The molecule has 0 aliphatic carbocycles. The summed E-state index contributed by atoms with van der Waals surface area (Å²) in [4.78, 5) is 2.36. The van der Waals surface area contributed by atoms with Crippen LogP contribution in [0.1, 0.15) is 32.4 Å². The molecular weight excluding hydrogens is 323 g/mol. The zero-order valence-corrected chi connectivity index (χ0v) is 13.8. The SMILES string of the molecule is CC(C)(C)[C@H](c1ccc(F)c(Br)c1O)N1CCNCC1. The summed E-state index contributed by atoms with van der Waals surface area (Å²) in [5.41, 5.74) is 0.735. The topological polar surface area (TPSA) is 35.5 Å². The molecule has 20 heavy (non-hydrogen) atoms. The molecule has 1 aromatic carbocycles. The van der Waals surface area contributed by atoms with Crippen molar-refractivity contribution in [2.24, 2.45) is 5.41 Å². The molecule has 1 aliphatic heterocycles. The lowest BCUT2D eigenvalue weighted by atomic mass is 9.80. The maximum atomic E-state index is 13.5. The monoisotopic (exact) mass is 344 g/mol. The van der Waals surface area contributed by atoms with E-state index in [2.05, 4.69) is 46.9 Å². The Bertz CT molecular complexity index is 481. The quantitative estimate of drug-likeness (QED) is 0.864. The van der Waals surface area contributed by atoms with E-state index >= 15 is 0 Å². The Morgan fingerprint density at radius 1 is 1.30 bits per heavy atom. The van der Waals surface area contributed by atoms with Crippen LogP contribution in [0, 0.1) is 11.2 Å². The molecule has 0 amide bonds. The second-order valence-corrected chi connectivity index (χ2v) is 7.15. The Labute approximate surface area is 128 Å². The van der Waals surface area contributed by atoms with Crippen LogP contribution in [0.4, 0.5) is 4.39 Å². The van der Waals surface area contributed by atoms with Crippen LogP contribution >= 0.6 is 15.9 Å². The molecule has 1 atom stereocenters. The van der Waals surface area contributed by atoms with Crippen LogP contribution in [0.3, 0.4) is 0 Å². The van der Waals surface area contributed by atoms with Gasteiger partial charge >= 0.3 is 0 Å². The van der Waals surface area contributed by atoms with Crippen molar-refractivity contribution >= 4 is 15.9 Å². The summed E-state index contributed by atoms with van der Waals surface area (Å²) < 4.78 is 13.7. The number of hydrogen-bond acceptors (Lipinski definition) is 3. The third-order valence-electron chi connectivity index (χ3n) is 3.73. The molecule has 0 spiro atoms. The molecule has 1 aliphatic rings. The van der Waals surface area contributed by atoms with Crippen LogP contribution in [-0.2, 0) is 0 Å². The molecule has 0 aromatic heterocycles. The lowest BCUT2D eigenvalue weighted by molar-refractivity contribution is 0.0841. The second-order valence-electron chi connectivity index (χ2n) is 6.35. The minimum atomic E-state index is -0.431. The predicted molar refractivity (Wildman–Crippen MR) is 82.4 cm³/mol. The Balaban J connectivity index is 2.44. The summed E-state index contributed by atoms with van der Waals surface area (Å²) in [5.74, 6) is -0.414. The third-order valence-corrected chi connectivity index (χ3v) is 4.49. The van der Waals surface area contributed by atoms with E-state index in [1.165, 1.54) is 6.07 Å². The predicted octanol–water partition coefficient (Wildman–Crippen LogP) is 3.29. The number of hydrogen-bond donors (Lipinski definition) is 2. The van der Waals surface area contributed by atoms with Gasteiger partial charge in [0.25, 0.3) is 0 Å². The molecule has 112 valence electrons. The number of nitrogens with one attached hydrogen (secondary N) is 1. The van der Waals surface area contributed by atoms with Gasteiger partial charge in [-0.15, -0.1) is 0 Å². The Morgan fingerprint density at radius 3 is 2.45 bits per heavy atom. The van der Waals surface area contributed by atoms with Gasteiger partial charge in [0, 0.05) is 37.8 Å². The van der Waals surface area contributed by atoms with Crippen molar-refractivity contribution in [2.45, 2.75) is 26.8 Å². The van der Waals surface area contributed by atoms with Crippen molar-refractivity contribution in [3.8, 4) is 5.75 Å². The fourth-order valence-electron chi connectivity index (χ4n) is 2.93. The summed E-state index contributed by atoms with van der Waals surface area (Å²) in [6.07, 6.45) is 0. The van der Waals surface area contributed by atoms with Gasteiger partial charge in [-0.1, -0.05) is 26.8 Å². The number of phenols is 1. The third kappa shape index (κ3) is 3.15. The van der Waals surface area contributed by atoms with Crippen LogP contribution < -0.4 is 5.32 Å². The van der Waals surface area contributed by atoms with E-state index < -0.39 is 5.82 Å². The van der Waals surface area contributed by atoms with Crippen LogP contribution in [0.25, 0.3) is 0 Å². The molecule has 1 fully saturated rings. The largest absolute Gasteiger partial charge is 0.506 e. The van der Waals surface area contributed by atoms with Crippen molar-refractivity contribution in [2.75, 3.05) is 26.2 Å². The number of phenolic OH excluding ortho intramolecular Hbond substituents is 1. The molecular formula is C15H22BrFN2O. The zero-order chi connectivity index (χ0) is 14.9. The highest BCUT2D eigenvalue weighted by molar-refractivity contribution is 9.10. The van der Waals surface area contributed by atoms with Crippen LogP contribution in [0.5, 0.6) is 5.75 Å². The van der Waals surface area contributed by atoms with Gasteiger partial charge in [0.2, 0.25) is 0 Å². The summed E-state index contributed by atoms with van der Waals surface area (Å²) >= 11 is 3.13. The van der Waals surface area contributed by atoms with E-state index in [1.807, 2.05) is 0 Å². The first-order chi connectivity index (χ1) is 9.32. The molecule has 0 saturated carbocycles. The van der Waals surface area contributed by atoms with Crippen molar-refractivity contribution in [1.82, 2.24) is 10.2 Å². The van der Waals surface area contributed by atoms with Gasteiger partial charge in [-0.2, -0.15) is 0 Å². The van der Waals surface area contributed by atoms with Gasteiger partial charge in [-0.05, 0) is 27.4 Å². The van der Waals surface area contributed by atoms with E-state index in [4.69, 9.17) is 0 Å². The standard InChI is InChI=1S/C15H22BrFN2O/c1-15(2,3)14(19-8-6-18-7-9-19)10-4-5-11(17)12(16)13(10)20/h4-5,14,18,20H,6-9H2,1-3H3/t14-/m0/s1. The van der Waals surface area contributed by atoms with Crippen LogP contribution in [0.15, 0.2) is 16.6 Å². The van der Waals surface area contributed by atoms with E-state index in [-0.39, 0.29) is 21.7 Å². The minimum Gasteiger partial charge on any atom is -0.506 e. The molecule has 1 heterocycles. The van der Waals surface area contributed by atoms with E-state index in [0.717, 1.165) is 31.7 Å². The highest BCUT2D eigenvalue weighted by Crippen LogP contribution is 2.44. The van der Waals surface area contributed by atoms with Gasteiger partial charge in [0.15, 0.2) is 0 Å².